The predicted octanol–water partition coefficient (Wildman–Crippen LogP) is 13.4. The molecule has 0 radical (unpaired) electrons. The lowest BCUT2D eigenvalue weighted by molar-refractivity contribution is -0.132. The lowest BCUT2D eigenvalue weighted by Crippen LogP contribution is -2.53. The van der Waals surface area contributed by atoms with E-state index in [2.05, 4.69) is 31.3 Å². The second kappa shape index (κ2) is 44.2. The summed E-state index contributed by atoms with van der Waals surface area (Å²) in [5.74, 6) is -0.588. The Labute approximate surface area is 342 Å². The summed E-state index contributed by atoms with van der Waals surface area (Å²) in [7, 11) is 0. The number of nitrogens with one attached hydrogen (secondary N) is 1. The Morgan fingerprint density at radius 1 is 0.436 bits per heavy atom. The molecule has 0 saturated heterocycles. The van der Waals surface area contributed by atoms with Crippen molar-refractivity contribution in [3.8, 4) is 0 Å². The number of allylic oxidation sites excluding steroid dienone is 2. The minimum Gasteiger partial charge on any atom is -0.394 e. The van der Waals surface area contributed by atoms with E-state index in [0.717, 1.165) is 38.5 Å². The number of aliphatic hydroxyl groups is 4. The number of rotatable bonds is 45. The summed E-state index contributed by atoms with van der Waals surface area (Å²) in [6.07, 6.45) is 49.7. The highest BCUT2D eigenvalue weighted by Crippen LogP contribution is 2.17. The van der Waals surface area contributed by atoms with E-state index in [1.54, 1.807) is 0 Å². The highest BCUT2D eigenvalue weighted by Gasteiger charge is 2.28. The molecule has 0 aromatic rings. The van der Waals surface area contributed by atoms with Crippen molar-refractivity contribution >= 4 is 5.91 Å². The van der Waals surface area contributed by atoms with Crippen LogP contribution in [0.5, 0.6) is 0 Å². The topological polar surface area (TPSA) is 110 Å². The first-order valence-electron chi connectivity index (χ1n) is 24.6. The molecule has 0 aliphatic rings. The molecule has 0 aliphatic carbocycles. The van der Waals surface area contributed by atoms with Crippen molar-refractivity contribution in [1.82, 2.24) is 5.32 Å². The molecule has 5 N–H and O–H groups in total. The molecule has 328 valence electrons. The van der Waals surface area contributed by atoms with Gasteiger partial charge in [0.1, 0.15) is 12.2 Å². The zero-order chi connectivity index (χ0) is 40.3. The maximum Gasteiger partial charge on any atom is 0.249 e. The maximum atomic E-state index is 12.5. The first kappa shape index (κ1) is 54.0. The van der Waals surface area contributed by atoms with E-state index in [0.29, 0.717) is 12.8 Å². The van der Waals surface area contributed by atoms with Gasteiger partial charge < -0.3 is 25.7 Å². The number of hydrogen-bond donors (Lipinski definition) is 5. The Kier molecular flexibility index (Phi) is 43.4. The van der Waals surface area contributed by atoms with Crippen molar-refractivity contribution in [1.29, 1.82) is 0 Å². The van der Waals surface area contributed by atoms with E-state index in [1.807, 2.05) is 0 Å². The van der Waals surface area contributed by atoms with Crippen LogP contribution in [0.4, 0.5) is 0 Å². The molecule has 55 heavy (non-hydrogen) atoms. The number of unbranched alkanes of at least 4 members (excludes halogenated alkanes) is 34. The van der Waals surface area contributed by atoms with E-state index in [1.165, 1.54) is 199 Å². The molecule has 0 spiro atoms. The number of carbonyl (C=O) groups excluding carboxylic acids is 1. The average molecular weight is 780 g/mol. The second-order valence-electron chi connectivity index (χ2n) is 17.2. The van der Waals surface area contributed by atoms with Crippen LogP contribution in [-0.2, 0) is 4.79 Å². The summed E-state index contributed by atoms with van der Waals surface area (Å²) in [4.78, 5) is 12.5. The summed E-state index contributed by atoms with van der Waals surface area (Å²) in [6, 6.07) is -0.997. The molecule has 0 heterocycles. The van der Waals surface area contributed by atoms with E-state index in [4.69, 9.17) is 0 Å². The smallest absolute Gasteiger partial charge is 0.249 e. The molecule has 0 aromatic heterocycles. The molecular formula is C49H97NO5. The van der Waals surface area contributed by atoms with E-state index < -0.39 is 36.9 Å². The van der Waals surface area contributed by atoms with Crippen LogP contribution in [0.2, 0.25) is 0 Å². The third-order valence-electron chi connectivity index (χ3n) is 11.7. The number of hydrogen-bond acceptors (Lipinski definition) is 5. The Bertz CT molecular complexity index is 791. The fraction of sp³-hybridized carbons (Fsp3) is 0.939. The molecule has 6 heteroatoms. The second-order valence-corrected chi connectivity index (χ2v) is 17.2. The van der Waals surface area contributed by atoms with Crippen molar-refractivity contribution in [2.24, 2.45) is 0 Å². The molecule has 0 saturated carbocycles. The van der Waals surface area contributed by atoms with Gasteiger partial charge in [-0.25, -0.2) is 0 Å². The normalized spacial score (nSPS) is 14.1. The van der Waals surface area contributed by atoms with Gasteiger partial charge in [0.15, 0.2) is 0 Å². The summed E-state index contributed by atoms with van der Waals surface area (Å²) in [6.45, 7) is 4.07. The predicted molar refractivity (Wildman–Crippen MR) is 238 cm³/mol. The van der Waals surface area contributed by atoms with Crippen LogP contribution in [0.15, 0.2) is 12.2 Å². The summed E-state index contributed by atoms with van der Waals surface area (Å²) in [5, 5.41) is 43.8. The summed E-state index contributed by atoms with van der Waals surface area (Å²) < 4.78 is 0. The molecule has 0 rings (SSSR count). The van der Waals surface area contributed by atoms with Gasteiger partial charge in [-0.05, 0) is 38.5 Å². The van der Waals surface area contributed by atoms with Gasteiger partial charge in [-0.3, -0.25) is 4.79 Å². The SMILES string of the molecule is CCCCCCCCCCCCCCCCC/C=C/CCCC(O)C(O)C(CO)NC(=O)C(O)CCCCCCCCCCCCCCCCCCCCC. The van der Waals surface area contributed by atoms with Gasteiger partial charge in [-0.2, -0.15) is 0 Å². The number of amides is 1. The Morgan fingerprint density at radius 3 is 1.09 bits per heavy atom. The van der Waals surface area contributed by atoms with Crippen molar-refractivity contribution in [2.45, 2.75) is 289 Å². The molecule has 0 bridgehead atoms. The Hall–Kier alpha value is -0.950. The zero-order valence-corrected chi connectivity index (χ0v) is 36.9. The lowest BCUT2D eigenvalue weighted by Gasteiger charge is -2.27. The summed E-state index contributed by atoms with van der Waals surface area (Å²) >= 11 is 0. The van der Waals surface area contributed by atoms with Crippen LogP contribution in [0.1, 0.15) is 264 Å². The third-order valence-corrected chi connectivity index (χ3v) is 11.7. The first-order valence-corrected chi connectivity index (χ1v) is 24.6. The summed E-state index contributed by atoms with van der Waals surface area (Å²) in [5.41, 5.74) is 0. The highest BCUT2D eigenvalue weighted by atomic mass is 16.3. The number of carbonyl (C=O) groups is 1. The van der Waals surface area contributed by atoms with E-state index in [-0.39, 0.29) is 0 Å². The number of aliphatic hydroxyl groups excluding tert-OH is 4. The van der Waals surface area contributed by atoms with Gasteiger partial charge >= 0.3 is 0 Å². The quantitative estimate of drug-likeness (QED) is 0.0312. The molecule has 6 nitrogen and oxygen atoms in total. The highest BCUT2D eigenvalue weighted by molar-refractivity contribution is 5.80. The standard InChI is InChI=1S/C49H97NO5/c1-3-5-7-9-11-13-15-17-19-21-23-25-26-28-30-32-34-36-38-40-42-46(52)48(54)45(44-51)50-49(55)47(53)43-41-39-37-35-33-31-29-27-24-22-20-18-16-14-12-10-8-6-4-2/h34,36,45-48,51-54H,3-33,35,37-44H2,1-2H3,(H,50,55)/b36-34+. The van der Waals surface area contributed by atoms with Crippen LogP contribution in [0.25, 0.3) is 0 Å². The molecule has 0 fully saturated rings. The lowest BCUT2D eigenvalue weighted by atomic mass is 10.00. The fourth-order valence-corrected chi connectivity index (χ4v) is 7.82. The van der Waals surface area contributed by atoms with E-state index >= 15 is 0 Å². The Balaban J connectivity index is 3.70. The van der Waals surface area contributed by atoms with Crippen LogP contribution in [0.3, 0.4) is 0 Å². The van der Waals surface area contributed by atoms with Gasteiger partial charge in [-0.15, -0.1) is 0 Å². The van der Waals surface area contributed by atoms with Crippen LogP contribution in [-0.4, -0.2) is 57.3 Å². The van der Waals surface area contributed by atoms with Gasteiger partial charge in [0.2, 0.25) is 5.91 Å². The van der Waals surface area contributed by atoms with Crippen LogP contribution < -0.4 is 5.32 Å². The largest absolute Gasteiger partial charge is 0.394 e. The van der Waals surface area contributed by atoms with Crippen molar-refractivity contribution in [3.63, 3.8) is 0 Å². The third kappa shape index (κ3) is 38.3. The minimum absolute atomic E-state index is 0.368. The minimum atomic E-state index is -1.28. The monoisotopic (exact) mass is 780 g/mol. The van der Waals surface area contributed by atoms with E-state index in [9.17, 15) is 25.2 Å². The average Bonchev–Trinajstić information content (AvgIpc) is 3.19. The van der Waals surface area contributed by atoms with Crippen molar-refractivity contribution in [3.05, 3.63) is 12.2 Å². The fourth-order valence-electron chi connectivity index (χ4n) is 7.82. The molecule has 4 atom stereocenters. The maximum absolute atomic E-state index is 12.5. The molecule has 0 aromatic carbocycles. The van der Waals surface area contributed by atoms with Gasteiger partial charge in [0.05, 0.1) is 18.8 Å². The molecule has 4 unspecified atom stereocenters. The van der Waals surface area contributed by atoms with Gasteiger partial charge in [0.25, 0.3) is 0 Å². The first-order chi connectivity index (χ1) is 27.0. The zero-order valence-electron chi connectivity index (χ0n) is 36.9. The van der Waals surface area contributed by atoms with Gasteiger partial charge in [-0.1, -0.05) is 238 Å². The van der Waals surface area contributed by atoms with Crippen molar-refractivity contribution < 1.29 is 25.2 Å². The van der Waals surface area contributed by atoms with Crippen LogP contribution in [0, 0.1) is 0 Å². The Morgan fingerprint density at radius 2 is 0.745 bits per heavy atom. The molecule has 1 amide bonds. The van der Waals surface area contributed by atoms with Gasteiger partial charge in [0, 0.05) is 0 Å². The van der Waals surface area contributed by atoms with Crippen LogP contribution >= 0.6 is 0 Å². The van der Waals surface area contributed by atoms with Crippen molar-refractivity contribution in [2.75, 3.05) is 6.61 Å². The molecular weight excluding hydrogens is 683 g/mol. The molecule has 0 aliphatic heterocycles.